The van der Waals surface area contributed by atoms with E-state index in [4.69, 9.17) is 0 Å². The maximum Gasteiger partial charge on any atom is 0.245 e. The summed E-state index contributed by atoms with van der Waals surface area (Å²) in [6.07, 6.45) is 3.55. The average molecular weight is 236 g/mol. The SMILES string of the molecule is O=S1(=O)c2ccccc2N=CC2CCCN21. The molecule has 0 bridgehead atoms. The standard InChI is InChI=1S/C11H12N2O2S/c14-16(15)11-6-2-1-5-10(11)12-8-9-4-3-7-13(9)16/h1-2,5-6,8-9H,3-4,7H2. The molecule has 0 aliphatic carbocycles. The highest BCUT2D eigenvalue weighted by atomic mass is 32.2. The van der Waals surface area contributed by atoms with Gasteiger partial charge in [0.2, 0.25) is 10.0 Å². The van der Waals surface area contributed by atoms with E-state index in [-0.39, 0.29) is 6.04 Å². The first-order valence-corrected chi connectivity index (χ1v) is 6.79. The summed E-state index contributed by atoms with van der Waals surface area (Å²) in [5, 5.41) is 0. The lowest BCUT2D eigenvalue weighted by atomic mass is 10.2. The number of hydrogen-bond acceptors (Lipinski definition) is 3. The molecule has 1 aromatic rings. The van der Waals surface area contributed by atoms with E-state index in [0.717, 1.165) is 12.8 Å². The Morgan fingerprint density at radius 1 is 1.31 bits per heavy atom. The number of nitrogens with zero attached hydrogens (tertiary/aromatic N) is 2. The predicted octanol–water partition coefficient (Wildman–Crippen LogP) is 1.56. The van der Waals surface area contributed by atoms with E-state index in [0.29, 0.717) is 17.1 Å². The van der Waals surface area contributed by atoms with Crippen molar-refractivity contribution in [2.75, 3.05) is 6.54 Å². The zero-order valence-corrected chi connectivity index (χ0v) is 9.52. The molecule has 3 rings (SSSR count). The monoisotopic (exact) mass is 236 g/mol. The van der Waals surface area contributed by atoms with Crippen molar-refractivity contribution in [1.29, 1.82) is 0 Å². The van der Waals surface area contributed by atoms with Gasteiger partial charge < -0.3 is 0 Å². The summed E-state index contributed by atoms with van der Waals surface area (Å²) < 4.78 is 26.3. The van der Waals surface area contributed by atoms with Crippen LogP contribution in [0.3, 0.4) is 0 Å². The Morgan fingerprint density at radius 2 is 2.12 bits per heavy atom. The molecule has 1 unspecified atom stereocenters. The molecule has 84 valence electrons. The molecule has 5 heteroatoms. The highest BCUT2D eigenvalue weighted by Gasteiger charge is 2.37. The Hall–Kier alpha value is -1.20. The fourth-order valence-electron chi connectivity index (χ4n) is 2.29. The Bertz CT molecular complexity index is 551. The highest BCUT2D eigenvalue weighted by Crippen LogP contribution is 2.33. The van der Waals surface area contributed by atoms with Crippen LogP contribution in [0.15, 0.2) is 34.2 Å². The van der Waals surface area contributed by atoms with E-state index in [1.54, 1.807) is 28.7 Å². The van der Waals surface area contributed by atoms with Crippen LogP contribution in [-0.4, -0.2) is 31.5 Å². The van der Waals surface area contributed by atoms with Gasteiger partial charge in [-0.25, -0.2) is 8.42 Å². The van der Waals surface area contributed by atoms with Crippen LogP contribution in [0.1, 0.15) is 12.8 Å². The quantitative estimate of drug-likeness (QED) is 0.686. The van der Waals surface area contributed by atoms with Crippen LogP contribution in [0.5, 0.6) is 0 Å². The van der Waals surface area contributed by atoms with Crippen LogP contribution in [0.4, 0.5) is 5.69 Å². The molecule has 0 amide bonds. The van der Waals surface area contributed by atoms with E-state index in [1.807, 2.05) is 6.07 Å². The van der Waals surface area contributed by atoms with Gasteiger partial charge in [0.15, 0.2) is 0 Å². The molecule has 1 atom stereocenters. The van der Waals surface area contributed by atoms with Crippen molar-refractivity contribution in [3.63, 3.8) is 0 Å². The summed E-state index contributed by atoms with van der Waals surface area (Å²) >= 11 is 0. The van der Waals surface area contributed by atoms with E-state index in [9.17, 15) is 8.42 Å². The predicted molar refractivity (Wildman–Crippen MR) is 61.5 cm³/mol. The minimum absolute atomic E-state index is 0.0580. The smallest absolute Gasteiger partial charge is 0.245 e. The number of fused-ring (bicyclic) bond motifs is 2. The summed E-state index contributed by atoms with van der Waals surface area (Å²) in [6.45, 7) is 0.605. The van der Waals surface area contributed by atoms with Crippen molar-refractivity contribution in [2.45, 2.75) is 23.8 Å². The second-order valence-electron chi connectivity index (χ2n) is 4.07. The summed E-state index contributed by atoms with van der Waals surface area (Å²) in [6, 6.07) is 6.86. The van der Waals surface area contributed by atoms with Gasteiger partial charge in [0, 0.05) is 12.8 Å². The number of benzene rings is 1. The van der Waals surface area contributed by atoms with Crippen LogP contribution in [0.2, 0.25) is 0 Å². The molecule has 16 heavy (non-hydrogen) atoms. The molecule has 0 aromatic heterocycles. The van der Waals surface area contributed by atoms with E-state index < -0.39 is 10.0 Å². The van der Waals surface area contributed by atoms with Gasteiger partial charge in [-0.2, -0.15) is 4.31 Å². The number of rotatable bonds is 0. The maximum atomic E-state index is 12.4. The minimum Gasteiger partial charge on any atom is -0.258 e. The Morgan fingerprint density at radius 3 is 3.00 bits per heavy atom. The molecule has 2 aliphatic heterocycles. The van der Waals surface area contributed by atoms with Crippen LogP contribution in [0.25, 0.3) is 0 Å². The molecule has 0 N–H and O–H groups in total. The van der Waals surface area contributed by atoms with Gasteiger partial charge in [0.25, 0.3) is 0 Å². The van der Waals surface area contributed by atoms with Gasteiger partial charge in [-0.15, -0.1) is 0 Å². The third-order valence-electron chi connectivity index (χ3n) is 3.09. The molecule has 0 radical (unpaired) electrons. The zero-order valence-electron chi connectivity index (χ0n) is 8.70. The molecule has 0 saturated carbocycles. The molecule has 1 saturated heterocycles. The fraction of sp³-hybridized carbons (Fsp3) is 0.364. The zero-order chi connectivity index (χ0) is 11.2. The van der Waals surface area contributed by atoms with Crippen molar-refractivity contribution >= 4 is 21.9 Å². The maximum absolute atomic E-state index is 12.4. The van der Waals surface area contributed by atoms with Crippen molar-refractivity contribution in [3.05, 3.63) is 24.3 Å². The molecule has 2 aliphatic rings. The highest BCUT2D eigenvalue weighted by molar-refractivity contribution is 7.89. The van der Waals surface area contributed by atoms with Crippen LogP contribution < -0.4 is 0 Å². The molecule has 0 spiro atoms. The average Bonchev–Trinajstić information content (AvgIpc) is 2.72. The first kappa shape index (κ1) is 9.99. The number of sulfonamides is 1. The molecule has 1 aromatic carbocycles. The first-order chi connectivity index (χ1) is 7.69. The Kier molecular flexibility index (Phi) is 2.12. The molecule has 1 fully saturated rings. The fourth-order valence-corrected chi connectivity index (χ4v) is 4.06. The van der Waals surface area contributed by atoms with Crippen molar-refractivity contribution < 1.29 is 8.42 Å². The van der Waals surface area contributed by atoms with Crippen molar-refractivity contribution in [2.24, 2.45) is 4.99 Å². The minimum atomic E-state index is -3.35. The summed E-state index contributed by atoms with van der Waals surface area (Å²) in [5.74, 6) is 0. The summed E-state index contributed by atoms with van der Waals surface area (Å²) in [5.41, 5.74) is 0.553. The number of aliphatic imine (C=N–C) groups is 1. The lowest BCUT2D eigenvalue weighted by Crippen LogP contribution is -2.35. The normalized spacial score (nSPS) is 27.1. The molecule has 4 nitrogen and oxygen atoms in total. The Balaban J connectivity index is 2.24. The van der Waals surface area contributed by atoms with E-state index in [2.05, 4.69) is 4.99 Å². The number of hydrogen-bond donors (Lipinski definition) is 0. The lowest BCUT2D eigenvalue weighted by Gasteiger charge is -2.19. The van der Waals surface area contributed by atoms with Gasteiger partial charge in [-0.05, 0) is 25.0 Å². The second kappa shape index (κ2) is 3.40. The van der Waals surface area contributed by atoms with Crippen molar-refractivity contribution in [1.82, 2.24) is 4.31 Å². The van der Waals surface area contributed by atoms with Gasteiger partial charge in [0.05, 0.1) is 11.7 Å². The van der Waals surface area contributed by atoms with E-state index in [1.165, 1.54) is 0 Å². The van der Waals surface area contributed by atoms with Crippen LogP contribution >= 0.6 is 0 Å². The van der Waals surface area contributed by atoms with Gasteiger partial charge in [-0.1, -0.05) is 12.1 Å². The topological polar surface area (TPSA) is 49.7 Å². The first-order valence-electron chi connectivity index (χ1n) is 5.35. The summed E-state index contributed by atoms with van der Waals surface area (Å²) in [7, 11) is -3.35. The number of para-hydroxylation sites is 1. The van der Waals surface area contributed by atoms with Gasteiger partial charge >= 0.3 is 0 Å². The third kappa shape index (κ3) is 1.32. The molecular formula is C11H12N2O2S. The van der Waals surface area contributed by atoms with Crippen LogP contribution in [0, 0.1) is 0 Å². The van der Waals surface area contributed by atoms with Gasteiger partial charge in [-0.3, -0.25) is 4.99 Å². The van der Waals surface area contributed by atoms with Crippen molar-refractivity contribution in [3.8, 4) is 0 Å². The molecule has 2 heterocycles. The second-order valence-corrected chi connectivity index (χ2v) is 5.93. The lowest BCUT2D eigenvalue weighted by molar-refractivity contribution is 0.451. The largest absolute Gasteiger partial charge is 0.258 e. The van der Waals surface area contributed by atoms with Crippen LogP contribution in [-0.2, 0) is 10.0 Å². The summed E-state index contributed by atoms with van der Waals surface area (Å²) in [4.78, 5) is 4.61. The molecular weight excluding hydrogens is 224 g/mol. The third-order valence-corrected chi connectivity index (χ3v) is 5.06. The van der Waals surface area contributed by atoms with E-state index >= 15 is 0 Å². The van der Waals surface area contributed by atoms with Gasteiger partial charge in [0.1, 0.15) is 4.90 Å². The Labute approximate surface area is 94.7 Å².